The highest BCUT2D eigenvalue weighted by atomic mass is 16.4. The lowest BCUT2D eigenvalue weighted by Crippen LogP contribution is -2.33. The second-order valence-corrected chi connectivity index (χ2v) is 12.1. The first kappa shape index (κ1) is 35.2. The number of benzene rings is 4. The lowest BCUT2D eigenvalue weighted by molar-refractivity contribution is 0.176. The molecule has 0 radical (unpaired) electrons. The van der Waals surface area contributed by atoms with Crippen LogP contribution in [0.3, 0.4) is 0 Å². The van der Waals surface area contributed by atoms with Gasteiger partial charge in [0.1, 0.15) is 5.75 Å². The Balaban J connectivity index is 0.000000244. The Labute approximate surface area is 286 Å². The molecule has 0 aliphatic carbocycles. The van der Waals surface area contributed by atoms with E-state index in [1.54, 1.807) is 24.3 Å². The number of anilines is 2. The normalized spacial score (nSPS) is 13.7. The van der Waals surface area contributed by atoms with Crippen LogP contribution in [0.15, 0.2) is 108 Å². The summed E-state index contributed by atoms with van der Waals surface area (Å²) in [7, 11) is 0. The van der Waals surface area contributed by atoms with Crippen LogP contribution < -0.4 is 21.5 Å². The summed E-state index contributed by atoms with van der Waals surface area (Å²) in [5, 5.41) is 39.2. The molecule has 1 amide bonds. The number of para-hydroxylation sites is 1. The summed E-state index contributed by atoms with van der Waals surface area (Å²) >= 11 is 0. The van der Waals surface area contributed by atoms with Crippen molar-refractivity contribution < 1.29 is 20.1 Å². The molecule has 4 aromatic carbocycles. The van der Waals surface area contributed by atoms with E-state index in [-0.39, 0.29) is 11.3 Å². The zero-order valence-corrected chi connectivity index (χ0v) is 27.6. The average molecular weight is 664 g/mol. The van der Waals surface area contributed by atoms with E-state index in [2.05, 4.69) is 50.1 Å². The zero-order chi connectivity index (χ0) is 34.4. The van der Waals surface area contributed by atoms with Gasteiger partial charge in [-0.05, 0) is 85.9 Å². The van der Waals surface area contributed by atoms with Crippen LogP contribution in [0.5, 0.6) is 5.75 Å². The first-order chi connectivity index (χ1) is 23.9. The number of nitrogens with zero attached hydrogens (tertiary/aromatic N) is 1. The fourth-order valence-electron chi connectivity index (χ4n) is 6.04. The van der Waals surface area contributed by atoms with Crippen molar-refractivity contribution in [1.29, 1.82) is 0 Å². The Morgan fingerprint density at radius 2 is 1.57 bits per heavy atom. The van der Waals surface area contributed by atoms with Crippen LogP contribution in [0.4, 0.5) is 16.2 Å². The SMILES string of the molecule is O=C(O)Nc1ccccc1-c1ccccc1.O=c1ccc2c([C@@H](O)CNCCc3ccc(NCCN4CCCCC4)cc3)ccc(O)c2[nH]1. The van der Waals surface area contributed by atoms with Crippen LogP contribution in [-0.4, -0.2) is 70.6 Å². The first-order valence-electron chi connectivity index (χ1n) is 16.8. The number of hydrogen-bond acceptors (Lipinski definition) is 7. The van der Waals surface area contributed by atoms with Gasteiger partial charge in [0.05, 0.1) is 17.3 Å². The number of amides is 1. The monoisotopic (exact) mass is 663 g/mol. The number of hydrogen-bond donors (Lipinski definition) is 7. The minimum atomic E-state index is -1.05. The van der Waals surface area contributed by atoms with Gasteiger partial charge >= 0.3 is 6.09 Å². The van der Waals surface area contributed by atoms with Gasteiger partial charge in [0.2, 0.25) is 5.56 Å². The molecular weight excluding hydrogens is 618 g/mol. The van der Waals surface area contributed by atoms with Crippen molar-refractivity contribution in [2.24, 2.45) is 0 Å². The zero-order valence-electron chi connectivity index (χ0n) is 27.6. The Morgan fingerprint density at radius 3 is 2.33 bits per heavy atom. The molecule has 1 atom stereocenters. The largest absolute Gasteiger partial charge is 0.506 e. The summed E-state index contributed by atoms with van der Waals surface area (Å²) in [5.74, 6) is -0.00367. The molecule has 6 rings (SSSR count). The van der Waals surface area contributed by atoms with Gasteiger partial charge in [-0.25, -0.2) is 4.79 Å². The number of nitrogens with one attached hydrogen (secondary N) is 4. The van der Waals surface area contributed by atoms with E-state index in [0.717, 1.165) is 42.9 Å². The van der Waals surface area contributed by atoms with Crippen molar-refractivity contribution in [1.82, 2.24) is 15.2 Å². The molecule has 1 aliphatic heterocycles. The number of aromatic hydroxyl groups is 1. The van der Waals surface area contributed by atoms with Crippen LogP contribution in [-0.2, 0) is 6.42 Å². The fourth-order valence-corrected chi connectivity index (χ4v) is 6.04. The van der Waals surface area contributed by atoms with Gasteiger partial charge in [0.15, 0.2) is 0 Å². The van der Waals surface area contributed by atoms with Crippen molar-refractivity contribution in [3.8, 4) is 16.9 Å². The number of carbonyl (C=O) groups is 1. The number of H-pyrrole nitrogens is 1. The van der Waals surface area contributed by atoms with Gasteiger partial charge < -0.3 is 35.8 Å². The number of aromatic amines is 1. The maximum Gasteiger partial charge on any atom is 0.409 e. The minimum Gasteiger partial charge on any atom is -0.506 e. The van der Waals surface area contributed by atoms with Crippen molar-refractivity contribution in [3.05, 3.63) is 125 Å². The smallest absolute Gasteiger partial charge is 0.409 e. The van der Waals surface area contributed by atoms with Crippen LogP contribution in [0.25, 0.3) is 22.0 Å². The Kier molecular flexibility index (Phi) is 12.8. The van der Waals surface area contributed by atoms with Crippen LogP contribution in [0, 0.1) is 0 Å². The lowest BCUT2D eigenvalue weighted by Gasteiger charge is -2.26. The molecule has 0 saturated carbocycles. The molecule has 10 heteroatoms. The third kappa shape index (κ3) is 10.4. The van der Waals surface area contributed by atoms with Gasteiger partial charge in [-0.15, -0.1) is 0 Å². The highest BCUT2D eigenvalue weighted by Crippen LogP contribution is 2.29. The molecule has 1 saturated heterocycles. The molecule has 1 fully saturated rings. The Hall–Kier alpha value is -5.16. The Bertz CT molecular complexity index is 1840. The third-order valence-corrected chi connectivity index (χ3v) is 8.61. The van der Waals surface area contributed by atoms with Gasteiger partial charge in [-0.1, -0.05) is 73.2 Å². The third-order valence-electron chi connectivity index (χ3n) is 8.61. The van der Waals surface area contributed by atoms with E-state index < -0.39 is 12.2 Å². The molecule has 0 spiro atoms. The summed E-state index contributed by atoms with van der Waals surface area (Å²) in [5.41, 5.74) is 5.60. The summed E-state index contributed by atoms with van der Waals surface area (Å²) in [6.07, 6.45) is 3.09. The lowest BCUT2D eigenvalue weighted by atomic mass is 10.0. The molecule has 1 aliphatic rings. The standard InChI is InChI=1S/C26H34N4O3.C13H11NO2/c31-23-10-8-21(22-9-11-25(33)29-26(22)23)24(32)18-27-13-12-19-4-6-20(7-5-19)28-14-17-30-15-2-1-3-16-30;15-13(16)14-12-9-5-4-8-11(12)10-6-2-1-3-7-10/h4-11,24,27-28,31-32H,1-3,12-18H2,(H,29,33);1-9,14H,(H,15,16)/t24-;/m0./s1. The number of aliphatic hydroxyl groups is 1. The van der Waals surface area contributed by atoms with Gasteiger partial charge in [-0.3, -0.25) is 10.1 Å². The number of rotatable bonds is 12. The number of carboxylic acid groups (broad SMARTS) is 1. The van der Waals surface area contributed by atoms with Gasteiger partial charge in [0.25, 0.3) is 0 Å². The average Bonchev–Trinajstić information content (AvgIpc) is 3.12. The maximum absolute atomic E-state index is 11.6. The second-order valence-electron chi connectivity index (χ2n) is 12.1. The molecule has 49 heavy (non-hydrogen) atoms. The minimum absolute atomic E-state index is 0.00367. The summed E-state index contributed by atoms with van der Waals surface area (Å²) in [6, 6.07) is 31.8. The highest BCUT2D eigenvalue weighted by molar-refractivity contribution is 5.90. The highest BCUT2D eigenvalue weighted by Gasteiger charge is 2.14. The van der Waals surface area contributed by atoms with Crippen molar-refractivity contribution in [2.75, 3.05) is 49.9 Å². The Morgan fingerprint density at radius 1 is 0.837 bits per heavy atom. The van der Waals surface area contributed by atoms with E-state index >= 15 is 0 Å². The number of piperidine rings is 1. The predicted octanol–water partition coefficient (Wildman–Crippen LogP) is 6.44. The molecule has 1 aromatic heterocycles. The number of aromatic nitrogens is 1. The molecular formula is C39H45N5O5. The van der Waals surface area contributed by atoms with E-state index in [1.807, 2.05) is 42.5 Å². The predicted molar refractivity (Wildman–Crippen MR) is 197 cm³/mol. The van der Waals surface area contributed by atoms with Crippen molar-refractivity contribution in [3.63, 3.8) is 0 Å². The summed E-state index contributed by atoms with van der Waals surface area (Å²) < 4.78 is 0. The number of likely N-dealkylation sites (tertiary alicyclic amines) is 1. The number of phenols is 1. The van der Waals surface area contributed by atoms with Crippen molar-refractivity contribution in [2.45, 2.75) is 31.8 Å². The summed E-state index contributed by atoms with van der Waals surface area (Å²) in [6.45, 7) is 5.65. The van der Waals surface area contributed by atoms with E-state index in [0.29, 0.717) is 28.7 Å². The molecule has 2 heterocycles. The summed E-state index contributed by atoms with van der Waals surface area (Å²) in [4.78, 5) is 27.4. The molecule has 10 nitrogen and oxygen atoms in total. The first-order valence-corrected chi connectivity index (χ1v) is 16.8. The molecule has 5 aromatic rings. The van der Waals surface area contributed by atoms with Crippen LogP contribution >= 0.6 is 0 Å². The second kappa shape index (κ2) is 17.8. The quantitative estimate of drug-likeness (QED) is 0.0754. The molecule has 7 N–H and O–H groups in total. The fraction of sp³-hybridized carbons (Fsp3) is 0.282. The van der Waals surface area contributed by atoms with Crippen LogP contribution in [0.1, 0.15) is 36.5 Å². The van der Waals surface area contributed by atoms with Crippen LogP contribution in [0.2, 0.25) is 0 Å². The van der Waals surface area contributed by atoms with Gasteiger partial charge in [0, 0.05) is 42.3 Å². The number of aliphatic hydroxyl groups excluding tert-OH is 1. The van der Waals surface area contributed by atoms with E-state index in [9.17, 15) is 19.8 Å². The van der Waals surface area contributed by atoms with Crippen molar-refractivity contribution >= 4 is 28.4 Å². The van der Waals surface area contributed by atoms with E-state index in [4.69, 9.17) is 5.11 Å². The number of phenolic OH excluding ortho intramolecular Hbond substituents is 1. The maximum atomic E-state index is 11.6. The molecule has 0 bridgehead atoms. The van der Waals surface area contributed by atoms with E-state index in [1.165, 1.54) is 50.0 Å². The number of fused-ring (bicyclic) bond motifs is 1. The number of pyridine rings is 1. The topological polar surface area (TPSA) is 150 Å². The molecule has 0 unspecified atom stereocenters. The molecule has 256 valence electrons. The van der Waals surface area contributed by atoms with Gasteiger partial charge in [-0.2, -0.15) is 0 Å².